The Hall–Kier alpha value is -3.14. The zero-order chi connectivity index (χ0) is 16.8. The van der Waals surface area contributed by atoms with Crippen molar-refractivity contribution in [2.24, 2.45) is 0 Å². The van der Waals surface area contributed by atoms with Gasteiger partial charge in [0.1, 0.15) is 0 Å². The maximum absolute atomic E-state index is 12.0. The predicted octanol–water partition coefficient (Wildman–Crippen LogP) is 4.22. The molecule has 24 heavy (non-hydrogen) atoms. The Balaban J connectivity index is 1.55. The van der Waals surface area contributed by atoms with Crippen molar-refractivity contribution in [1.82, 2.24) is 9.78 Å². The molecule has 1 amide bonds. The van der Waals surface area contributed by atoms with Gasteiger partial charge < -0.3 is 5.32 Å². The topological polar surface area (TPSA) is 46.9 Å². The van der Waals surface area contributed by atoms with Gasteiger partial charge in [-0.25, -0.2) is 4.68 Å². The third kappa shape index (κ3) is 4.20. The first-order valence-corrected chi connectivity index (χ1v) is 7.84. The third-order valence-electron chi connectivity index (χ3n) is 3.58. The van der Waals surface area contributed by atoms with E-state index < -0.39 is 0 Å². The van der Waals surface area contributed by atoms with Crippen LogP contribution in [0.2, 0.25) is 0 Å². The molecule has 0 unspecified atom stereocenters. The fourth-order valence-corrected chi connectivity index (χ4v) is 2.30. The summed E-state index contributed by atoms with van der Waals surface area (Å²) < 4.78 is 1.73. The number of anilines is 1. The van der Waals surface area contributed by atoms with Gasteiger partial charge in [-0.1, -0.05) is 60.2 Å². The Bertz CT molecular complexity index is 833. The molecule has 3 rings (SSSR count). The van der Waals surface area contributed by atoms with Gasteiger partial charge in [0, 0.05) is 6.42 Å². The summed E-state index contributed by atoms with van der Waals surface area (Å²) >= 11 is 0. The molecule has 1 heterocycles. The zero-order valence-electron chi connectivity index (χ0n) is 13.5. The molecule has 0 fully saturated rings. The van der Waals surface area contributed by atoms with E-state index in [1.54, 1.807) is 17.1 Å². The number of para-hydroxylation sites is 1. The van der Waals surface area contributed by atoms with E-state index in [2.05, 4.69) is 29.5 Å². The fraction of sp³-hybridized carbons (Fsp3) is 0.100. The first-order valence-electron chi connectivity index (χ1n) is 7.84. The fourth-order valence-electron chi connectivity index (χ4n) is 2.30. The number of hydrogen-bond donors (Lipinski definition) is 1. The molecule has 1 N–H and O–H groups in total. The highest BCUT2D eigenvalue weighted by Gasteiger charge is 2.04. The molecule has 0 saturated carbocycles. The molecule has 1 aromatic heterocycles. The number of amides is 1. The van der Waals surface area contributed by atoms with Gasteiger partial charge in [-0.05, 0) is 24.6 Å². The number of hydrogen-bond acceptors (Lipinski definition) is 2. The molecule has 0 bridgehead atoms. The Kier molecular flexibility index (Phi) is 4.87. The van der Waals surface area contributed by atoms with Crippen molar-refractivity contribution in [2.75, 3.05) is 5.32 Å². The maximum Gasteiger partial charge on any atom is 0.228 e. The first kappa shape index (κ1) is 15.7. The summed E-state index contributed by atoms with van der Waals surface area (Å²) in [6.45, 7) is 2.05. The molecule has 4 nitrogen and oxygen atoms in total. The van der Waals surface area contributed by atoms with Crippen molar-refractivity contribution in [3.05, 3.63) is 84.2 Å². The number of rotatable bonds is 5. The maximum atomic E-state index is 12.0. The Labute approximate surface area is 141 Å². The summed E-state index contributed by atoms with van der Waals surface area (Å²) in [4.78, 5) is 12.0. The van der Waals surface area contributed by atoms with Crippen molar-refractivity contribution in [3.8, 4) is 5.69 Å². The molecule has 120 valence electrons. The summed E-state index contributed by atoms with van der Waals surface area (Å²) in [5, 5.41) is 7.11. The van der Waals surface area contributed by atoms with Crippen LogP contribution in [0.4, 0.5) is 5.69 Å². The Morgan fingerprint density at radius 3 is 2.62 bits per heavy atom. The molecular formula is C20H19N3O. The lowest BCUT2D eigenvalue weighted by Crippen LogP contribution is -2.09. The van der Waals surface area contributed by atoms with Crippen molar-refractivity contribution in [2.45, 2.75) is 13.3 Å². The number of nitrogens with one attached hydrogen (secondary N) is 1. The molecule has 0 radical (unpaired) electrons. The number of aromatic nitrogens is 2. The second kappa shape index (κ2) is 7.42. The van der Waals surface area contributed by atoms with Crippen LogP contribution in [0, 0.1) is 6.92 Å². The average molecular weight is 317 g/mol. The minimum atomic E-state index is -0.0639. The van der Waals surface area contributed by atoms with Gasteiger partial charge in [-0.15, -0.1) is 0 Å². The van der Waals surface area contributed by atoms with Crippen molar-refractivity contribution in [1.29, 1.82) is 0 Å². The minimum absolute atomic E-state index is 0.0639. The number of benzene rings is 2. The third-order valence-corrected chi connectivity index (χ3v) is 3.58. The van der Waals surface area contributed by atoms with Crippen molar-refractivity contribution in [3.63, 3.8) is 0 Å². The highest BCUT2D eigenvalue weighted by Crippen LogP contribution is 2.12. The molecule has 4 heteroatoms. The van der Waals surface area contributed by atoms with Crippen LogP contribution in [0.1, 0.15) is 17.5 Å². The van der Waals surface area contributed by atoms with E-state index in [9.17, 15) is 4.79 Å². The smallest absolute Gasteiger partial charge is 0.228 e. The highest BCUT2D eigenvalue weighted by atomic mass is 16.1. The van der Waals surface area contributed by atoms with Gasteiger partial charge in [0.2, 0.25) is 5.91 Å². The molecule has 0 atom stereocenters. The molecule has 0 saturated heterocycles. The lowest BCUT2D eigenvalue weighted by molar-refractivity contribution is -0.115. The normalized spacial score (nSPS) is 10.9. The molecule has 2 aromatic carbocycles. The van der Waals surface area contributed by atoms with E-state index in [1.807, 2.05) is 54.6 Å². The van der Waals surface area contributed by atoms with Crippen LogP contribution in [0.15, 0.2) is 73.1 Å². The second-order valence-electron chi connectivity index (χ2n) is 5.57. The molecule has 0 spiro atoms. The van der Waals surface area contributed by atoms with Crippen molar-refractivity contribution < 1.29 is 4.79 Å². The zero-order valence-corrected chi connectivity index (χ0v) is 13.5. The van der Waals surface area contributed by atoms with Gasteiger partial charge >= 0.3 is 0 Å². The summed E-state index contributed by atoms with van der Waals surface area (Å²) in [6, 6.07) is 18.0. The summed E-state index contributed by atoms with van der Waals surface area (Å²) in [5.41, 5.74) is 3.95. The number of nitrogens with zero attached hydrogens (tertiary/aromatic N) is 2. The standard InChI is InChI=1S/C20H19N3O/c1-16-10-12-17(13-11-16)6-5-9-20(24)22-18-14-21-23(15-18)19-7-3-2-4-8-19/h2-8,10-15H,9H2,1H3,(H,22,24). The van der Waals surface area contributed by atoms with E-state index in [0.29, 0.717) is 12.1 Å². The van der Waals surface area contributed by atoms with Crippen LogP contribution in [0.5, 0.6) is 0 Å². The van der Waals surface area contributed by atoms with Gasteiger partial charge in [-0.2, -0.15) is 5.10 Å². The van der Waals surface area contributed by atoms with Gasteiger partial charge in [0.25, 0.3) is 0 Å². The number of carbonyl (C=O) groups excluding carboxylic acids is 1. The minimum Gasteiger partial charge on any atom is -0.323 e. The van der Waals surface area contributed by atoms with Crippen LogP contribution >= 0.6 is 0 Å². The lowest BCUT2D eigenvalue weighted by atomic mass is 10.1. The lowest BCUT2D eigenvalue weighted by Gasteiger charge is -2.00. The van der Waals surface area contributed by atoms with Gasteiger partial charge in [0.15, 0.2) is 0 Å². The van der Waals surface area contributed by atoms with E-state index in [0.717, 1.165) is 11.3 Å². The SMILES string of the molecule is Cc1ccc(C=CCC(=O)Nc2cnn(-c3ccccc3)c2)cc1. The summed E-state index contributed by atoms with van der Waals surface area (Å²) in [7, 11) is 0. The van der Waals surface area contributed by atoms with Gasteiger partial charge in [0.05, 0.1) is 23.8 Å². The summed E-state index contributed by atoms with van der Waals surface area (Å²) in [5.74, 6) is -0.0639. The molecule has 3 aromatic rings. The quantitative estimate of drug-likeness (QED) is 0.766. The monoisotopic (exact) mass is 317 g/mol. The van der Waals surface area contributed by atoms with Crippen LogP contribution in [0.25, 0.3) is 11.8 Å². The number of aryl methyl sites for hydroxylation is 1. The van der Waals surface area contributed by atoms with E-state index >= 15 is 0 Å². The Morgan fingerprint density at radius 2 is 1.88 bits per heavy atom. The number of carbonyl (C=O) groups is 1. The summed E-state index contributed by atoms with van der Waals surface area (Å²) in [6.07, 6.45) is 7.59. The second-order valence-corrected chi connectivity index (χ2v) is 5.57. The highest BCUT2D eigenvalue weighted by molar-refractivity contribution is 5.91. The van der Waals surface area contributed by atoms with Crippen LogP contribution in [0.3, 0.4) is 0 Å². The van der Waals surface area contributed by atoms with Crippen LogP contribution in [-0.4, -0.2) is 15.7 Å². The Morgan fingerprint density at radius 1 is 1.12 bits per heavy atom. The molecule has 0 aliphatic rings. The average Bonchev–Trinajstić information content (AvgIpc) is 3.06. The van der Waals surface area contributed by atoms with Crippen LogP contribution < -0.4 is 5.32 Å². The van der Waals surface area contributed by atoms with E-state index in [1.165, 1.54) is 5.56 Å². The molecule has 0 aliphatic carbocycles. The van der Waals surface area contributed by atoms with Gasteiger partial charge in [-0.3, -0.25) is 4.79 Å². The van der Waals surface area contributed by atoms with E-state index in [-0.39, 0.29) is 5.91 Å². The molecular weight excluding hydrogens is 298 g/mol. The van der Waals surface area contributed by atoms with Crippen LogP contribution in [-0.2, 0) is 4.79 Å². The van der Waals surface area contributed by atoms with E-state index in [4.69, 9.17) is 0 Å². The predicted molar refractivity (Wildman–Crippen MR) is 97.0 cm³/mol. The van der Waals surface area contributed by atoms with Crippen molar-refractivity contribution >= 4 is 17.7 Å². The molecule has 0 aliphatic heterocycles. The first-order chi connectivity index (χ1) is 11.7. The largest absolute Gasteiger partial charge is 0.323 e.